The van der Waals surface area contributed by atoms with Gasteiger partial charge in [-0.1, -0.05) is 0 Å². The van der Waals surface area contributed by atoms with Gasteiger partial charge in [0.05, 0.1) is 24.4 Å². The summed E-state index contributed by atoms with van der Waals surface area (Å²) in [5, 5.41) is 22.4. The number of nitrogens with zero attached hydrogens (tertiary/aromatic N) is 6. The van der Waals surface area contributed by atoms with Gasteiger partial charge in [0.1, 0.15) is 18.4 Å². The fourth-order valence-corrected chi connectivity index (χ4v) is 17.1. The fraction of sp³-hybridized carbons (Fsp3) is 0.348. The minimum atomic E-state index is -4.55. The molecule has 0 spiro atoms. The third-order valence-electron chi connectivity index (χ3n) is 15.7. The van der Waals surface area contributed by atoms with E-state index in [0.29, 0.717) is 34.4 Å². The summed E-state index contributed by atoms with van der Waals surface area (Å²) >= 11 is 12.7. The molecule has 1 saturated heterocycles. The van der Waals surface area contributed by atoms with Crippen LogP contribution in [0.3, 0.4) is 0 Å². The van der Waals surface area contributed by atoms with Crippen LogP contribution in [0.2, 0.25) is 10.0 Å². The van der Waals surface area contributed by atoms with E-state index in [1.165, 1.54) is 12.3 Å². The molecule has 6 N–H and O–H groups in total. The maximum absolute atomic E-state index is 14.2. The Kier molecular flexibility index (Phi) is 23.2. The summed E-state index contributed by atoms with van der Waals surface area (Å²) in [6, 6.07) is 27.3. The predicted molar refractivity (Wildman–Crippen MR) is 363 cm³/mol. The summed E-state index contributed by atoms with van der Waals surface area (Å²) in [7, 11) is 1.00. The number of aliphatic hydroxyl groups is 1. The van der Waals surface area contributed by atoms with Gasteiger partial charge in [0.25, 0.3) is 5.56 Å². The van der Waals surface area contributed by atoms with Gasteiger partial charge in [0, 0.05) is 18.7 Å². The summed E-state index contributed by atoms with van der Waals surface area (Å²) in [5.41, 5.74) is 4.66. The molecule has 0 radical (unpaired) electrons. The number of nitrogens with one attached hydrogen (secondary N) is 4. The first-order chi connectivity index (χ1) is 45.0. The maximum atomic E-state index is 14.2. The van der Waals surface area contributed by atoms with Gasteiger partial charge in [-0.15, -0.1) is 0 Å². The van der Waals surface area contributed by atoms with Crippen molar-refractivity contribution in [2.24, 2.45) is 14.1 Å². The van der Waals surface area contributed by atoms with Crippen molar-refractivity contribution in [1.29, 1.82) is 0 Å². The van der Waals surface area contributed by atoms with Crippen LogP contribution in [0.5, 0.6) is 5.75 Å². The molecule has 10 rings (SSSR count). The van der Waals surface area contributed by atoms with Crippen molar-refractivity contribution >= 4 is 139 Å². The third kappa shape index (κ3) is 17.5. The number of methoxy groups -OCH3 is 1. The molecule has 23 nitrogen and oxygen atoms in total. The summed E-state index contributed by atoms with van der Waals surface area (Å²) in [6.45, 7) is 8.00. The van der Waals surface area contributed by atoms with Gasteiger partial charge in [0.15, 0.2) is 0 Å². The molecule has 3 aliphatic heterocycles. The number of fused-ring (bicyclic) bond motifs is 4. The SMILES string of the molecule is COc1ccc2c(c1)N(CC(=O)NCCN(CCNC(=O)/C=C/c1cn(C3CC(OP(=O)(O)OC(C)C)C(COC(C)C)O3)c(=O)[nH]c1=O)CCNC(=O)CN1/C(=C/c3cc[n+](C)c4ccc(Cl)cc34)[Se]c3ccc(CO)cc31)/C(=C/c1cc[n+](C)c3ccc(Cl)cc13)[Se]2. The van der Waals surface area contributed by atoms with E-state index in [4.69, 9.17) is 46.5 Å². The second-order valence-electron chi connectivity index (χ2n) is 23.2. The zero-order valence-electron chi connectivity index (χ0n) is 52.9. The number of anilines is 2. The summed E-state index contributed by atoms with van der Waals surface area (Å²) < 4.78 is 50.2. The second kappa shape index (κ2) is 31.2. The van der Waals surface area contributed by atoms with E-state index in [1.54, 1.807) is 21.0 Å². The number of hydrogen-bond acceptors (Lipinski definition) is 15. The molecule has 7 aromatic rings. The average Bonchev–Trinajstić information content (AvgIpc) is 1.58. The van der Waals surface area contributed by atoms with Crippen LogP contribution in [-0.2, 0) is 58.2 Å². The van der Waals surface area contributed by atoms with Crippen LogP contribution in [0.15, 0.2) is 128 Å². The zero-order valence-corrected chi connectivity index (χ0v) is 58.7. The number of aryl methyl sites for hydroxylation is 2. The van der Waals surface area contributed by atoms with E-state index >= 15 is 0 Å². The Labute approximate surface area is 566 Å². The van der Waals surface area contributed by atoms with Gasteiger partial charge in [-0.3, -0.25) is 28.2 Å². The number of aromatic amines is 1. The van der Waals surface area contributed by atoms with Crippen LogP contribution in [0.25, 0.3) is 40.0 Å². The standard InChI is InChI=1S/C66H73Cl2N10O13PSe2/c1-40(2)88-39-56-55(91-92(85,86)90-41(3)4)34-62(89-56)78-35-45(65(83)72-66(78)84)9-17-59(80)69-20-25-75(26-21-70-60(81)36-76-53-28-42(38-79)8-15-57(53)93-63(76)29-43-18-23-73(5)51-13-10-46(67)31-49(43)51)27-22-71-61(82)37-77-54-33-48(87-7)12-16-58(54)94-64(77)30-44-19-24-74(6)52-14-11-47(68)32-50(44)52/h8-19,23-24,28-33,35,40-41,55-56,62,79H,20-22,25-27,34,36-39H2,1-7H3,(H3-2,69,70,71,72,80,81,82,83,84,85,86)/p+2/b17-9+. The van der Waals surface area contributed by atoms with Crippen LogP contribution in [0.1, 0.15) is 62.6 Å². The molecule has 0 aliphatic carbocycles. The van der Waals surface area contributed by atoms with Crippen LogP contribution >= 0.6 is 31.0 Å². The molecule has 4 aromatic carbocycles. The minimum absolute atomic E-state index is 0.00697. The van der Waals surface area contributed by atoms with Crippen molar-refractivity contribution in [1.82, 2.24) is 30.4 Å². The number of H-pyrrole nitrogens is 1. The zero-order chi connectivity index (χ0) is 67.0. The van der Waals surface area contributed by atoms with Crippen molar-refractivity contribution in [3.05, 3.63) is 172 Å². The number of hydrogen-bond donors (Lipinski definition) is 6. The van der Waals surface area contributed by atoms with Crippen LogP contribution < -0.4 is 59.8 Å². The topological polar surface area (TPSA) is 263 Å². The van der Waals surface area contributed by atoms with Gasteiger partial charge in [-0.25, -0.2) is 9.36 Å². The molecule has 28 heteroatoms. The first-order valence-electron chi connectivity index (χ1n) is 30.5. The molecule has 4 atom stereocenters. The van der Waals surface area contributed by atoms with E-state index in [1.807, 2.05) is 149 Å². The predicted octanol–water partition coefficient (Wildman–Crippen LogP) is 4.28. The number of amides is 3. The molecular formula is C66H75Cl2N10O13PSe2+2. The molecular weight excluding hydrogens is 1400 g/mol. The van der Waals surface area contributed by atoms with Gasteiger partial charge < -0.3 is 14.4 Å². The van der Waals surface area contributed by atoms with Gasteiger partial charge >= 0.3 is 417 Å². The Morgan fingerprint density at radius 2 is 1.34 bits per heavy atom. The van der Waals surface area contributed by atoms with Crippen LogP contribution in [0, 0.1) is 0 Å². The van der Waals surface area contributed by atoms with E-state index < -0.39 is 49.5 Å². The Hall–Kier alpha value is -7.02. The van der Waals surface area contributed by atoms with Crippen molar-refractivity contribution in [2.75, 3.05) is 75.9 Å². The van der Waals surface area contributed by atoms with Gasteiger partial charge in [-0.05, 0) is 33.8 Å². The first kappa shape index (κ1) is 69.8. The molecule has 1 fully saturated rings. The second-order valence-corrected chi connectivity index (χ2v) is 29.8. The molecule has 6 heterocycles. The molecule has 0 bridgehead atoms. The molecule has 4 unspecified atom stereocenters. The number of phosphoric ester groups is 1. The van der Waals surface area contributed by atoms with E-state index in [9.17, 15) is 38.5 Å². The van der Waals surface area contributed by atoms with Crippen molar-refractivity contribution in [3.63, 3.8) is 0 Å². The Morgan fingerprint density at radius 1 is 0.777 bits per heavy atom. The van der Waals surface area contributed by atoms with Gasteiger partial charge in [0.2, 0.25) is 0 Å². The van der Waals surface area contributed by atoms with E-state index in [0.717, 1.165) is 73.1 Å². The average molecular weight is 1480 g/mol. The van der Waals surface area contributed by atoms with Gasteiger partial charge in [-0.2, -0.15) is 0 Å². The number of aliphatic hydroxyl groups excluding tert-OH is 1. The monoisotopic (exact) mass is 1480 g/mol. The number of pyridine rings is 2. The van der Waals surface area contributed by atoms with E-state index in [2.05, 4.69) is 33.1 Å². The Bertz CT molecular complexity index is 4100. The molecule has 496 valence electrons. The molecule has 94 heavy (non-hydrogen) atoms. The van der Waals surface area contributed by atoms with Crippen LogP contribution in [-0.4, -0.2) is 163 Å². The molecule has 3 aliphatic rings. The summed E-state index contributed by atoms with van der Waals surface area (Å²) in [6.07, 6.45) is 7.92. The molecule has 0 saturated carbocycles. The first-order valence-corrected chi connectivity index (χ1v) is 36.1. The summed E-state index contributed by atoms with van der Waals surface area (Å²) in [4.78, 5) is 87.0. The normalized spacial score (nSPS) is 17.7. The number of ether oxygens (including phenoxy) is 3. The van der Waals surface area contributed by atoms with Crippen molar-refractivity contribution in [3.8, 4) is 5.75 Å². The van der Waals surface area contributed by atoms with Crippen molar-refractivity contribution in [2.45, 2.75) is 71.4 Å². The number of carbonyl (C=O) groups is 3. The number of rotatable bonds is 27. The number of aromatic nitrogens is 4. The number of benzene rings is 4. The number of phosphoric acid groups is 1. The quantitative estimate of drug-likeness (QED) is 0.0182. The van der Waals surface area contributed by atoms with Crippen molar-refractivity contribution < 1.29 is 61.3 Å². The number of halogens is 2. The number of carbonyl (C=O) groups excluding carboxylic acids is 3. The molecule has 3 aromatic heterocycles. The third-order valence-corrected chi connectivity index (χ3v) is 22.0. The van der Waals surface area contributed by atoms with E-state index in [-0.39, 0.29) is 112 Å². The van der Waals surface area contributed by atoms with Crippen LogP contribution in [0.4, 0.5) is 11.4 Å². The summed E-state index contributed by atoms with van der Waals surface area (Å²) in [5.74, 6) is -0.394. The molecule has 3 amide bonds. The fourth-order valence-electron chi connectivity index (χ4n) is 11.0. The Balaban J connectivity index is 0.834. The Morgan fingerprint density at radius 3 is 1.89 bits per heavy atom.